The molecule has 0 aromatic rings. The molecule has 0 saturated carbocycles. The molecule has 1 aliphatic heterocycles. The summed E-state index contributed by atoms with van der Waals surface area (Å²) in [5, 5.41) is 0. The van der Waals surface area contributed by atoms with Gasteiger partial charge in [0, 0.05) is 12.6 Å². The highest BCUT2D eigenvalue weighted by Crippen LogP contribution is 2.28. The van der Waals surface area contributed by atoms with E-state index < -0.39 is 18.3 Å². The van der Waals surface area contributed by atoms with E-state index in [1.165, 1.54) is 0 Å². The molecule has 2 unspecified atom stereocenters. The van der Waals surface area contributed by atoms with E-state index in [2.05, 4.69) is 6.92 Å². The van der Waals surface area contributed by atoms with Crippen LogP contribution in [0.15, 0.2) is 0 Å². The lowest BCUT2D eigenvalue weighted by molar-refractivity contribution is -0.138. The number of likely N-dealkylation sites (tertiary alicyclic amines) is 1. The van der Waals surface area contributed by atoms with Crippen LogP contribution in [0.1, 0.15) is 40.0 Å². The van der Waals surface area contributed by atoms with Crippen molar-refractivity contribution in [1.82, 2.24) is 4.90 Å². The minimum atomic E-state index is -2.89. The maximum Gasteiger partial charge on any atom is 0.254 e. The van der Waals surface area contributed by atoms with Crippen molar-refractivity contribution in [2.75, 3.05) is 6.54 Å². The van der Waals surface area contributed by atoms with Crippen molar-refractivity contribution in [3.05, 3.63) is 0 Å². The van der Waals surface area contributed by atoms with Gasteiger partial charge in [0.2, 0.25) is 5.91 Å². The van der Waals surface area contributed by atoms with Crippen LogP contribution in [0.25, 0.3) is 0 Å². The number of hydrogen-bond acceptors (Lipinski definition) is 1. The van der Waals surface area contributed by atoms with E-state index in [9.17, 15) is 13.6 Å². The predicted octanol–water partition coefficient (Wildman–Crippen LogP) is 2.68. The quantitative estimate of drug-likeness (QED) is 0.714. The second-order valence-corrected chi connectivity index (χ2v) is 4.58. The molecule has 0 radical (unpaired) electrons. The number of carbonyl (C=O) groups is 1. The van der Waals surface area contributed by atoms with Crippen LogP contribution in [0.2, 0.25) is 0 Å². The van der Waals surface area contributed by atoms with Gasteiger partial charge in [0.05, 0.1) is 6.42 Å². The van der Waals surface area contributed by atoms with Crippen molar-refractivity contribution in [2.24, 2.45) is 5.92 Å². The average molecular weight is 219 g/mol. The minimum absolute atomic E-state index is 0.153. The number of rotatable bonds is 3. The Hall–Kier alpha value is -0.670. The van der Waals surface area contributed by atoms with Gasteiger partial charge in [-0.25, -0.2) is 8.78 Å². The number of halogens is 2. The highest BCUT2D eigenvalue weighted by molar-refractivity contribution is 5.77. The van der Waals surface area contributed by atoms with E-state index >= 15 is 0 Å². The van der Waals surface area contributed by atoms with E-state index in [0.717, 1.165) is 19.8 Å². The van der Waals surface area contributed by atoms with E-state index in [1.54, 1.807) is 4.90 Å². The van der Waals surface area contributed by atoms with Crippen molar-refractivity contribution in [2.45, 2.75) is 52.0 Å². The summed E-state index contributed by atoms with van der Waals surface area (Å²) in [6.45, 7) is 5.50. The Labute approximate surface area is 89.6 Å². The highest BCUT2D eigenvalue weighted by Gasteiger charge is 2.36. The average Bonchev–Trinajstić information content (AvgIpc) is 2.43. The third-order valence-corrected chi connectivity index (χ3v) is 3.08. The van der Waals surface area contributed by atoms with Gasteiger partial charge in [0.25, 0.3) is 5.92 Å². The van der Waals surface area contributed by atoms with E-state index in [0.29, 0.717) is 12.5 Å². The van der Waals surface area contributed by atoms with Gasteiger partial charge in [-0.05, 0) is 25.7 Å². The first-order chi connectivity index (χ1) is 6.85. The highest BCUT2D eigenvalue weighted by atomic mass is 19.3. The molecule has 4 heteroatoms. The Balaban J connectivity index is 2.60. The van der Waals surface area contributed by atoms with Crippen LogP contribution in [-0.4, -0.2) is 29.3 Å². The SMILES string of the molecule is CCC1C(C)CCN1C(=O)CC(C)(F)F. The van der Waals surface area contributed by atoms with E-state index in [4.69, 9.17) is 0 Å². The topological polar surface area (TPSA) is 20.3 Å². The van der Waals surface area contributed by atoms with Gasteiger partial charge < -0.3 is 4.90 Å². The van der Waals surface area contributed by atoms with Gasteiger partial charge in [-0.1, -0.05) is 13.8 Å². The fourth-order valence-electron chi connectivity index (χ4n) is 2.31. The Morgan fingerprint density at radius 2 is 2.13 bits per heavy atom. The number of amides is 1. The molecule has 0 aliphatic carbocycles. The summed E-state index contributed by atoms with van der Waals surface area (Å²) in [7, 11) is 0. The monoisotopic (exact) mass is 219 g/mol. The van der Waals surface area contributed by atoms with Gasteiger partial charge in [-0.15, -0.1) is 0 Å². The Morgan fingerprint density at radius 3 is 2.60 bits per heavy atom. The molecule has 1 heterocycles. The van der Waals surface area contributed by atoms with E-state index in [-0.39, 0.29) is 6.04 Å². The third kappa shape index (κ3) is 3.14. The van der Waals surface area contributed by atoms with Crippen LogP contribution in [0.4, 0.5) is 8.78 Å². The Kier molecular flexibility index (Phi) is 3.68. The van der Waals surface area contributed by atoms with Crippen molar-refractivity contribution in [1.29, 1.82) is 0 Å². The largest absolute Gasteiger partial charge is 0.339 e. The van der Waals surface area contributed by atoms with E-state index in [1.807, 2.05) is 6.92 Å². The Morgan fingerprint density at radius 1 is 1.53 bits per heavy atom. The summed E-state index contributed by atoms with van der Waals surface area (Å²) >= 11 is 0. The molecule has 1 rings (SSSR count). The number of hydrogen-bond donors (Lipinski definition) is 0. The second-order valence-electron chi connectivity index (χ2n) is 4.58. The van der Waals surface area contributed by atoms with Gasteiger partial charge in [-0.2, -0.15) is 0 Å². The molecule has 15 heavy (non-hydrogen) atoms. The molecule has 1 saturated heterocycles. The first-order valence-electron chi connectivity index (χ1n) is 5.52. The van der Waals surface area contributed by atoms with Crippen molar-refractivity contribution >= 4 is 5.91 Å². The number of alkyl halides is 2. The van der Waals surface area contributed by atoms with Crippen LogP contribution in [0.5, 0.6) is 0 Å². The van der Waals surface area contributed by atoms with Gasteiger partial charge in [0.1, 0.15) is 0 Å². The van der Waals surface area contributed by atoms with Crippen molar-refractivity contribution < 1.29 is 13.6 Å². The van der Waals surface area contributed by atoms with Crippen molar-refractivity contribution in [3.63, 3.8) is 0 Å². The zero-order valence-electron chi connectivity index (χ0n) is 9.59. The van der Waals surface area contributed by atoms with Crippen LogP contribution in [0.3, 0.4) is 0 Å². The minimum Gasteiger partial charge on any atom is -0.339 e. The fourth-order valence-corrected chi connectivity index (χ4v) is 2.31. The molecule has 0 bridgehead atoms. The predicted molar refractivity (Wildman–Crippen MR) is 54.8 cm³/mol. The fraction of sp³-hybridized carbons (Fsp3) is 0.909. The first-order valence-corrected chi connectivity index (χ1v) is 5.52. The maximum atomic E-state index is 12.7. The van der Waals surface area contributed by atoms with Crippen molar-refractivity contribution in [3.8, 4) is 0 Å². The lowest BCUT2D eigenvalue weighted by atomic mass is 10.0. The van der Waals surface area contributed by atoms with Crippen LogP contribution >= 0.6 is 0 Å². The van der Waals surface area contributed by atoms with Crippen LogP contribution < -0.4 is 0 Å². The van der Waals surface area contributed by atoms with Crippen LogP contribution in [0, 0.1) is 5.92 Å². The van der Waals surface area contributed by atoms with Crippen LogP contribution in [-0.2, 0) is 4.79 Å². The smallest absolute Gasteiger partial charge is 0.254 e. The maximum absolute atomic E-state index is 12.7. The molecule has 0 aromatic heterocycles. The summed E-state index contributed by atoms with van der Waals surface area (Å²) in [6.07, 6.45) is 1.12. The normalized spacial score (nSPS) is 27.1. The molecular formula is C11H19F2NO. The molecule has 0 spiro atoms. The zero-order chi connectivity index (χ0) is 11.6. The number of carbonyl (C=O) groups excluding carboxylic acids is 1. The Bertz CT molecular complexity index is 237. The van der Waals surface area contributed by atoms with Gasteiger partial charge >= 0.3 is 0 Å². The summed E-state index contributed by atoms with van der Waals surface area (Å²) in [4.78, 5) is 13.2. The first kappa shape index (κ1) is 12.4. The lowest BCUT2D eigenvalue weighted by Crippen LogP contribution is -2.39. The summed E-state index contributed by atoms with van der Waals surface area (Å²) < 4.78 is 25.4. The summed E-state index contributed by atoms with van der Waals surface area (Å²) in [5.74, 6) is -2.86. The molecule has 2 nitrogen and oxygen atoms in total. The summed E-state index contributed by atoms with van der Waals surface area (Å²) in [6, 6.07) is 0.153. The zero-order valence-corrected chi connectivity index (χ0v) is 9.59. The second kappa shape index (κ2) is 4.45. The molecular weight excluding hydrogens is 200 g/mol. The summed E-state index contributed by atoms with van der Waals surface area (Å²) in [5.41, 5.74) is 0. The molecule has 0 aromatic carbocycles. The van der Waals surface area contributed by atoms with Gasteiger partial charge in [0.15, 0.2) is 0 Å². The molecule has 1 aliphatic rings. The molecule has 0 N–H and O–H groups in total. The standard InChI is InChI=1S/C11H19F2NO/c1-4-9-8(2)5-6-14(9)10(15)7-11(3,12)13/h8-9H,4-7H2,1-3H3. The van der Waals surface area contributed by atoms with Gasteiger partial charge in [-0.3, -0.25) is 4.79 Å². The molecule has 2 atom stereocenters. The lowest BCUT2D eigenvalue weighted by Gasteiger charge is -2.27. The molecule has 1 fully saturated rings. The number of nitrogens with zero attached hydrogens (tertiary/aromatic N) is 1. The third-order valence-electron chi connectivity index (χ3n) is 3.08. The molecule has 1 amide bonds. The molecule has 88 valence electrons.